The minimum Gasteiger partial charge on any atom is -0.444 e. The fraction of sp³-hybridized carbons (Fsp3) is 0.417. The second kappa shape index (κ2) is 5.66. The zero-order valence-corrected chi connectivity index (χ0v) is 10.4. The highest BCUT2D eigenvalue weighted by Crippen LogP contribution is 2.18. The zero-order valence-electron chi connectivity index (χ0n) is 10.4. The summed E-state index contributed by atoms with van der Waals surface area (Å²) >= 11 is 0. The summed E-state index contributed by atoms with van der Waals surface area (Å²) in [6.07, 6.45) is -0.606. The van der Waals surface area contributed by atoms with Crippen molar-refractivity contribution in [2.45, 2.75) is 33.0 Å². The van der Waals surface area contributed by atoms with Gasteiger partial charge in [0.25, 0.3) is 0 Å². The number of carbonyl (C=O) groups excluding carboxylic acids is 1. The average Bonchev–Trinajstić information content (AvgIpc) is 2.17. The number of alkyl halides is 2. The summed E-state index contributed by atoms with van der Waals surface area (Å²) < 4.78 is 33.0. The van der Waals surface area contributed by atoms with Crippen LogP contribution in [0.2, 0.25) is 0 Å². The summed E-state index contributed by atoms with van der Waals surface area (Å²) in [5, 5.41) is 2.47. The first-order valence-corrected chi connectivity index (χ1v) is 5.31. The van der Waals surface area contributed by atoms with E-state index in [2.05, 4.69) is 10.1 Å². The van der Waals surface area contributed by atoms with E-state index in [-0.39, 0.29) is 5.75 Å². The fourth-order valence-corrected chi connectivity index (χ4v) is 1.14. The van der Waals surface area contributed by atoms with Crippen molar-refractivity contribution < 1.29 is 23.0 Å². The summed E-state index contributed by atoms with van der Waals surface area (Å²) in [5.74, 6) is 0.0275. The Morgan fingerprint density at radius 3 is 2.22 bits per heavy atom. The smallest absolute Gasteiger partial charge is 0.412 e. The predicted octanol–water partition coefficient (Wildman–Crippen LogP) is 3.64. The lowest BCUT2D eigenvalue weighted by Gasteiger charge is -2.19. The van der Waals surface area contributed by atoms with E-state index in [1.54, 1.807) is 20.8 Å². The van der Waals surface area contributed by atoms with Crippen molar-refractivity contribution in [3.05, 3.63) is 24.3 Å². The number of amides is 1. The van der Waals surface area contributed by atoms with Gasteiger partial charge in [-0.25, -0.2) is 4.79 Å². The molecule has 18 heavy (non-hydrogen) atoms. The van der Waals surface area contributed by atoms with E-state index in [0.29, 0.717) is 5.69 Å². The number of nitrogens with one attached hydrogen (secondary N) is 1. The fourth-order valence-electron chi connectivity index (χ4n) is 1.14. The van der Waals surface area contributed by atoms with Crippen LogP contribution in [0.25, 0.3) is 0 Å². The normalized spacial score (nSPS) is 11.2. The van der Waals surface area contributed by atoms with Crippen LogP contribution < -0.4 is 10.1 Å². The van der Waals surface area contributed by atoms with E-state index in [1.807, 2.05) is 0 Å². The van der Waals surface area contributed by atoms with Gasteiger partial charge in [0, 0.05) is 5.69 Å². The van der Waals surface area contributed by atoms with Crippen molar-refractivity contribution in [3.8, 4) is 5.75 Å². The quantitative estimate of drug-likeness (QED) is 0.901. The number of rotatable bonds is 3. The number of hydrogen-bond acceptors (Lipinski definition) is 3. The van der Waals surface area contributed by atoms with Gasteiger partial charge in [0.2, 0.25) is 0 Å². The van der Waals surface area contributed by atoms with Crippen molar-refractivity contribution in [2.75, 3.05) is 5.32 Å². The molecule has 4 nitrogen and oxygen atoms in total. The molecule has 1 aromatic rings. The molecule has 0 aliphatic heterocycles. The highest BCUT2D eigenvalue weighted by atomic mass is 19.3. The van der Waals surface area contributed by atoms with Gasteiger partial charge in [-0.1, -0.05) is 0 Å². The van der Waals surface area contributed by atoms with Crippen molar-refractivity contribution in [1.29, 1.82) is 0 Å². The summed E-state index contributed by atoms with van der Waals surface area (Å²) in [6.45, 7) is 2.36. The number of carbonyl (C=O) groups is 1. The van der Waals surface area contributed by atoms with E-state index >= 15 is 0 Å². The first kappa shape index (κ1) is 14.2. The Bertz CT molecular complexity index is 399. The van der Waals surface area contributed by atoms with Gasteiger partial charge in [-0.2, -0.15) is 8.78 Å². The molecule has 6 heteroatoms. The monoisotopic (exact) mass is 259 g/mol. The molecule has 1 rings (SSSR count). The van der Waals surface area contributed by atoms with Crippen LogP contribution in [-0.4, -0.2) is 18.3 Å². The molecule has 0 saturated heterocycles. The standard InChI is InChI=1S/C12H15F2NO3/c1-12(2,3)18-11(16)15-8-4-6-9(7-5-8)17-10(13)14/h4-7,10H,1-3H3,(H,15,16). The number of ether oxygens (including phenoxy) is 2. The number of anilines is 1. The largest absolute Gasteiger partial charge is 0.444 e. The van der Waals surface area contributed by atoms with Crippen LogP contribution in [0.4, 0.5) is 19.3 Å². The third kappa shape index (κ3) is 5.47. The number of halogens is 2. The molecule has 0 bridgehead atoms. The minimum absolute atomic E-state index is 0.0275. The van der Waals surface area contributed by atoms with Gasteiger partial charge in [-0.05, 0) is 45.0 Å². The minimum atomic E-state index is -2.87. The summed E-state index contributed by atoms with van der Waals surface area (Å²) in [7, 11) is 0. The molecule has 0 aliphatic carbocycles. The lowest BCUT2D eigenvalue weighted by atomic mass is 10.2. The highest BCUT2D eigenvalue weighted by Gasteiger charge is 2.16. The molecule has 1 aromatic carbocycles. The van der Waals surface area contributed by atoms with Crippen LogP contribution >= 0.6 is 0 Å². The Hall–Kier alpha value is -1.85. The highest BCUT2D eigenvalue weighted by molar-refractivity contribution is 5.84. The maximum Gasteiger partial charge on any atom is 0.412 e. The Balaban J connectivity index is 2.56. The van der Waals surface area contributed by atoms with Crippen molar-refractivity contribution in [2.24, 2.45) is 0 Å². The summed E-state index contributed by atoms with van der Waals surface area (Å²) in [4.78, 5) is 11.4. The first-order chi connectivity index (χ1) is 8.26. The number of benzene rings is 1. The van der Waals surface area contributed by atoms with Crippen molar-refractivity contribution in [1.82, 2.24) is 0 Å². The first-order valence-electron chi connectivity index (χ1n) is 5.31. The Kier molecular flexibility index (Phi) is 4.47. The Morgan fingerprint density at radius 1 is 1.22 bits per heavy atom. The molecule has 0 aliphatic rings. The molecule has 1 amide bonds. The Labute approximate surface area is 104 Å². The van der Waals surface area contributed by atoms with E-state index < -0.39 is 18.3 Å². The van der Waals surface area contributed by atoms with Gasteiger partial charge in [0.05, 0.1) is 0 Å². The molecule has 1 N–H and O–H groups in total. The molecule has 0 spiro atoms. The maximum atomic E-state index is 11.9. The van der Waals surface area contributed by atoms with Crippen LogP contribution in [0.1, 0.15) is 20.8 Å². The second-order valence-corrected chi connectivity index (χ2v) is 4.53. The van der Waals surface area contributed by atoms with E-state index in [1.165, 1.54) is 24.3 Å². The van der Waals surface area contributed by atoms with Crippen LogP contribution in [0.5, 0.6) is 5.75 Å². The lowest BCUT2D eigenvalue weighted by molar-refractivity contribution is -0.0498. The Morgan fingerprint density at radius 2 is 1.78 bits per heavy atom. The van der Waals surface area contributed by atoms with Crippen LogP contribution in [0, 0.1) is 0 Å². The van der Waals surface area contributed by atoms with Gasteiger partial charge in [-0.15, -0.1) is 0 Å². The summed E-state index contributed by atoms with van der Waals surface area (Å²) in [5.41, 5.74) is -0.158. The van der Waals surface area contributed by atoms with E-state index in [4.69, 9.17) is 4.74 Å². The topological polar surface area (TPSA) is 47.6 Å². The van der Waals surface area contributed by atoms with Gasteiger partial charge in [0.15, 0.2) is 0 Å². The molecule has 0 atom stereocenters. The third-order valence-electron chi connectivity index (χ3n) is 1.72. The molecule has 0 radical (unpaired) electrons. The van der Waals surface area contributed by atoms with Gasteiger partial charge < -0.3 is 9.47 Å². The molecular formula is C12H15F2NO3. The maximum absolute atomic E-state index is 11.9. The molecule has 100 valence electrons. The van der Waals surface area contributed by atoms with Gasteiger partial charge in [0.1, 0.15) is 11.4 Å². The average molecular weight is 259 g/mol. The van der Waals surface area contributed by atoms with Gasteiger partial charge >= 0.3 is 12.7 Å². The van der Waals surface area contributed by atoms with E-state index in [0.717, 1.165) is 0 Å². The SMILES string of the molecule is CC(C)(C)OC(=O)Nc1ccc(OC(F)F)cc1. The summed E-state index contributed by atoms with van der Waals surface area (Å²) in [6, 6.07) is 5.56. The zero-order chi connectivity index (χ0) is 13.8. The molecule has 0 unspecified atom stereocenters. The lowest BCUT2D eigenvalue weighted by Crippen LogP contribution is -2.27. The van der Waals surface area contributed by atoms with Gasteiger partial charge in [-0.3, -0.25) is 5.32 Å². The molecule has 0 heterocycles. The molecule has 0 fully saturated rings. The van der Waals surface area contributed by atoms with Crippen LogP contribution in [-0.2, 0) is 4.74 Å². The second-order valence-electron chi connectivity index (χ2n) is 4.53. The third-order valence-corrected chi connectivity index (χ3v) is 1.72. The number of hydrogen-bond donors (Lipinski definition) is 1. The van der Waals surface area contributed by atoms with Crippen molar-refractivity contribution >= 4 is 11.8 Å². The van der Waals surface area contributed by atoms with E-state index in [9.17, 15) is 13.6 Å². The molecular weight excluding hydrogens is 244 g/mol. The predicted molar refractivity (Wildman–Crippen MR) is 62.9 cm³/mol. The van der Waals surface area contributed by atoms with Crippen molar-refractivity contribution in [3.63, 3.8) is 0 Å². The van der Waals surface area contributed by atoms with Crippen LogP contribution in [0.15, 0.2) is 24.3 Å². The molecule has 0 aromatic heterocycles. The van der Waals surface area contributed by atoms with Crippen LogP contribution in [0.3, 0.4) is 0 Å². The molecule has 0 saturated carbocycles.